The Balaban J connectivity index is 1.34. The number of hydrogen-bond donors (Lipinski definition) is 2. The SMILES string of the molecule is Cn1cc(C2(O)CC3CC(c4ncn(C)c4C(=O)Nc4ccc(F)c(Cl)c4)CC3C2)c(C(F)(F)F)n1. The summed E-state index contributed by atoms with van der Waals surface area (Å²) < 4.78 is 56.7. The number of carbonyl (C=O) groups excluding carboxylic acids is 1. The van der Waals surface area contributed by atoms with Crippen molar-refractivity contribution in [1.29, 1.82) is 0 Å². The Labute approximate surface area is 209 Å². The van der Waals surface area contributed by atoms with E-state index in [4.69, 9.17) is 11.6 Å². The first-order chi connectivity index (χ1) is 16.9. The first-order valence-corrected chi connectivity index (χ1v) is 11.8. The van der Waals surface area contributed by atoms with Gasteiger partial charge in [0.15, 0.2) is 5.69 Å². The molecule has 3 aromatic rings. The zero-order valence-corrected chi connectivity index (χ0v) is 20.2. The fourth-order valence-electron chi connectivity index (χ4n) is 5.93. The number of rotatable bonds is 4. The summed E-state index contributed by atoms with van der Waals surface area (Å²) in [5.74, 6) is -1.14. The third kappa shape index (κ3) is 4.28. The highest BCUT2D eigenvalue weighted by molar-refractivity contribution is 6.31. The molecule has 2 aromatic heterocycles. The lowest BCUT2D eigenvalue weighted by molar-refractivity contribution is -0.144. The maximum absolute atomic E-state index is 13.5. The number of amides is 1. The molecule has 0 saturated heterocycles. The molecule has 7 nitrogen and oxygen atoms in total. The lowest BCUT2D eigenvalue weighted by Crippen LogP contribution is -2.26. The molecule has 2 heterocycles. The second kappa shape index (κ2) is 8.58. The van der Waals surface area contributed by atoms with E-state index in [1.54, 1.807) is 11.6 Å². The third-order valence-corrected chi connectivity index (χ3v) is 7.67. The molecule has 0 spiro atoms. The summed E-state index contributed by atoms with van der Waals surface area (Å²) >= 11 is 5.81. The molecule has 2 saturated carbocycles. The first-order valence-electron chi connectivity index (χ1n) is 11.5. The molecule has 0 bridgehead atoms. The molecule has 2 aliphatic rings. The van der Waals surface area contributed by atoms with Crippen LogP contribution in [0.4, 0.5) is 23.2 Å². The summed E-state index contributed by atoms with van der Waals surface area (Å²) in [5, 5.41) is 17.4. The number of nitrogens with zero attached hydrogens (tertiary/aromatic N) is 4. The number of benzene rings is 1. The number of aromatic nitrogens is 4. The van der Waals surface area contributed by atoms with Crippen molar-refractivity contribution in [3.63, 3.8) is 0 Å². The Morgan fingerprint density at radius 3 is 2.50 bits per heavy atom. The van der Waals surface area contributed by atoms with Crippen LogP contribution in [-0.4, -0.2) is 30.3 Å². The van der Waals surface area contributed by atoms with Gasteiger partial charge in [-0.15, -0.1) is 0 Å². The highest BCUT2D eigenvalue weighted by Crippen LogP contribution is 2.57. The van der Waals surface area contributed by atoms with Gasteiger partial charge in [-0.2, -0.15) is 18.3 Å². The van der Waals surface area contributed by atoms with E-state index in [-0.39, 0.29) is 41.2 Å². The normalized spacial score (nSPS) is 25.8. The average Bonchev–Trinajstić information content (AvgIpc) is 3.52. The van der Waals surface area contributed by atoms with Crippen LogP contribution >= 0.6 is 11.6 Å². The van der Waals surface area contributed by atoms with Gasteiger partial charge < -0.3 is 15.0 Å². The minimum atomic E-state index is -4.66. The fourth-order valence-corrected chi connectivity index (χ4v) is 6.11. The van der Waals surface area contributed by atoms with Crippen molar-refractivity contribution in [1.82, 2.24) is 19.3 Å². The molecule has 0 aliphatic heterocycles. The Morgan fingerprint density at radius 2 is 1.89 bits per heavy atom. The van der Waals surface area contributed by atoms with Gasteiger partial charge in [-0.25, -0.2) is 9.37 Å². The number of nitrogens with one attached hydrogen (secondary N) is 1. The summed E-state index contributed by atoms with van der Waals surface area (Å²) in [6, 6.07) is 3.89. The molecule has 2 aliphatic carbocycles. The van der Waals surface area contributed by atoms with Crippen molar-refractivity contribution in [2.75, 3.05) is 5.32 Å². The van der Waals surface area contributed by atoms with Crippen molar-refractivity contribution < 1.29 is 27.5 Å². The van der Waals surface area contributed by atoms with Gasteiger partial charge in [-0.3, -0.25) is 9.48 Å². The molecule has 2 atom stereocenters. The maximum atomic E-state index is 13.5. The van der Waals surface area contributed by atoms with E-state index >= 15 is 0 Å². The van der Waals surface area contributed by atoms with Crippen LogP contribution in [0.25, 0.3) is 0 Å². The van der Waals surface area contributed by atoms with Crippen molar-refractivity contribution in [2.45, 2.75) is 43.4 Å². The van der Waals surface area contributed by atoms with Crippen LogP contribution in [0.1, 0.15) is 59.0 Å². The quantitative estimate of drug-likeness (QED) is 0.469. The standard InChI is InChI=1S/C24H24ClF4N5O2/c1-33-11-30-19(20(33)22(35)31-15-3-4-18(26)17(25)7-15)12-5-13-8-23(36,9-14(13)6-12)16-10-34(2)32-21(16)24(27,28)29/h3-4,7,10-14,36H,5-6,8-9H2,1-2H3,(H,31,35). The van der Waals surface area contributed by atoms with Crippen LogP contribution in [0, 0.1) is 17.7 Å². The third-order valence-electron chi connectivity index (χ3n) is 7.38. The Kier molecular flexibility index (Phi) is 5.90. The summed E-state index contributed by atoms with van der Waals surface area (Å²) in [6.07, 6.45) is -0.307. The van der Waals surface area contributed by atoms with E-state index in [9.17, 15) is 27.5 Å². The molecule has 36 heavy (non-hydrogen) atoms. The minimum Gasteiger partial charge on any atom is -0.385 e. The maximum Gasteiger partial charge on any atom is 0.435 e. The molecule has 12 heteroatoms. The molecule has 1 amide bonds. The number of hydrogen-bond acceptors (Lipinski definition) is 4. The van der Waals surface area contributed by atoms with E-state index in [0.29, 0.717) is 29.9 Å². The molecule has 0 radical (unpaired) electrons. The molecular weight excluding hydrogens is 502 g/mol. The van der Waals surface area contributed by atoms with Crippen molar-refractivity contribution >= 4 is 23.2 Å². The Bertz CT molecular complexity index is 1320. The monoisotopic (exact) mass is 525 g/mol. The largest absolute Gasteiger partial charge is 0.435 e. The number of aliphatic hydroxyl groups is 1. The predicted molar refractivity (Wildman–Crippen MR) is 123 cm³/mol. The van der Waals surface area contributed by atoms with Crippen LogP contribution in [0.15, 0.2) is 30.7 Å². The van der Waals surface area contributed by atoms with E-state index in [2.05, 4.69) is 15.4 Å². The van der Waals surface area contributed by atoms with Crippen molar-refractivity contribution in [2.24, 2.45) is 25.9 Å². The van der Waals surface area contributed by atoms with Gasteiger partial charge in [0.1, 0.15) is 11.5 Å². The van der Waals surface area contributed by atoms with E-state index < -0.39 is 29.2 Å². The topological polar surface area (TPSA) is 85.0 Å². The van der Waals surface area contributed by atoms with Crippen LogP contribution < -0.4 is 5.32 Å². The molecule has 2 unspecified atom stereocenters. The van der Waals surface area contributed by atoms with Gasteiger partial charge in [-0.05, 0) is 55.7 Å². The fraction of sp³-hybridized carbons (Fsp3) is 0.458. The number of halogens is 5. The molecule has 2 fully saturated rings. The van der Waals surface area contributed by atoms with Crippen molar-refractivity contribution in [3.8, 4) is 0 Å². The molecule has 5 rings (SSSR count). The molecule has 1 aromatic carbocycles. The van der Waals surface area contributed by atoms with Gasteiger partial charge in [0, 0.05) is 37.5 Å². The van der Waals surface area contributed by atoms with E-state index in [1.807, 2.05) is 0 Å². The van der Waals surface area contributed by atoms with Crippen LogP contribution in [0.3, 0.4) is 0 Å². The average molecular weight is 526 g/mol. The van der Waals surface area contributed by atoms with Crippen LogP contribution in [0.5, 0.6) is 0 Å². The van der Waals surface area contributed by atoms with Gasteiger partial charge in [0.25, 0.3) is 5.91 Å². The first kappa shape index (κ1) is 24.8. The van der Waals surface area contributed by atoms with Gasteiger partial charge in [0.05, 0.1) is 22.6 Å². The number of fused-ring (bicyclic) bond motifs is 1. The molecule has 192 valence electrons. The summed E-state index contributed by atoms with van der Waals surface area (Å²) in [7, 11) is 3.10. The second-order valence-corrected chi connectivity index (χ2v) is 10.3. The predicted octanol–water partition coefficient (Wildman–Crippen LogP) is 5.01. The summed E-state index contributed by atoms with van der Waals surface area (Å²) in [5.41, 5.74) is -1.55. The highest BCUT2D eigenvalue weighted by atomic mass is 35.5. The van der Waals surface area contributed by atoms with Crippen LogP contribution in [-0.2, 0) is 25.9 Å². The lowest BCUT2D eigenvalue weighted by Gasteiger charge is -2.25. The number of aryl methyl sites for hydroxylation is 2. The Morgan fingerprint density at radius 1 is 1.22 bits per heavy atom. The van der Waals surface area contributed by atoms with Crippen LogP contribution in [0.2, 0.25) is 5.02 Å². The number of alkyl halides is 3. The van der Waals surface area contributed by atoms with Crippen molar-refractivity contribution in [3.05, 3.63) is 64.2 Å². The summed E-state index contributed by atoms with van der Waals surface area (Å²) in [6.45, 7) is 0. The molecular formula is C24H24ClF4N5O2. The number of imidazole rings is 1. The minimum absolute atomic E-state index is 0.0184. The zero-order chi connectivity index (χ0) is 26.0. The van der Waals surface area contributed by atoms with Gasteiger partial charge in [0.2, 0.25) is 0 Å². The van der Waals surface area contributed by atoms with E-state index in [0.717, 1.165) is 10.7 Å². The highest BCUT2D eigenvalue weighted by Gasteiger charge is 2.54. The van der Waals surface area contributed by atoms with Gasteiger partial charge >= 0.3 is 6.18 Å². The lowest BCUT2D eigenvalue weighted by atomic mass is 9.87. The Hall–Kier alpha value is -2.92. The summed E-state index contributed by atoms with van der Waals surface area (Å²) in [4.78, 5) is 17.5. The van der Waals surface area contributed by atoms with E-state index in [1.165, 1.54) is 31.7 Å². The second-order valence-electron chi connectivity index (χ2n) is 9.86. The molecule has 2 N–H and O–H groups in total. The zero-order valence-electron chi connectivity index (χ0n) is 19.5. The number of carbonyl (C=O) groups is 1. The van der Waals surface area contributed by atoms with Gasteiger partial charge in [-0.1, -0.05) is 11.6 Å². The smallest absolute Gasteiger partial charge is 0.385 e. The number of anilines is 1.